The minimum atomic E-state index is -0.347. The highest BCUT2D eigenvalue weighted by atomic mass is 35.5. The quantitative estimate of drug-likeness (QED) is 0.818. The highest BCUT2D eigenvalue weighted by Gasteiger charge is 2.33. The van der Waals surface area contributed by atoms with Gasteiger partial charge in [-0.15, -0.1) is 0 Å². The number of aliphatic hydroxyl groups is 1. The van der Waals surface area contributed by atoms with Crippen molar-refractivity contribution in [2.75, 3.05) is 33.4 Å². The van der Waals surface area contributed by atoms with Gasteiger partial charge < -0.3 is 15.2 Å². The van der Waals surface area contributed by atoms with Crippen LogP contribution in [-0.2, 0) is 16.1 Å². The van der Waals surface area contributed by atoms with E-state index in [1.54, 1.807) is 12.1 Å². The molecule has 1 aromatic rings. The minimum absolute atomic E-state index is 0.0134. The van der Waals surface area contributed by atoms with Crippen LogP contribution in [-0.4, -0.2) is 55.4 Å². The first-order valence-electron chi connectivity index (χ1n) is 7.09. The average Bonchev–Trinajstić information content (AvgIpc) is 2.84. The van der Waals surface area contributed by atoms with E-state index in [9.17, 15) is 14.3 Å². The van der Waals surface area contributed by atoms with Gasteiger partial charge in [0.05, 0.1) is 0 Å². The van der Waals surface area contributed by atoms with Gasteiger partial charge in [0, 0.05) is 55.9 Å². The van der Waals surface area contributed by atoms with Crippen LogP contribution in [0.25, 0.3) is 0 Å². The Morgan fingerprint density at radius 2 is 2.32 bits per heavy atom. The fourth-order valence-corrected chi connectivity index (χ4v) is 2.87. The van der Waals surface area contributed by atoms with Gasteiger partial charge in [-0.3, -0.25) is 9.69 Å². The van der Waals surface area contributed by atoms with E-state index < -0.39 is 0 Å². The summed E-state index contributed by atoms with van der Waals surface area (Å²) in [4.78, 5) is 13.6. The zero-order chi connectivity index (χ0) is 16.1. The molecule has 2 rings (SSSR count). The number of halogens is 2. The van der Waals surface area contributed by atoms with Crippen LogP contribution >= 0.6 is 11.6 Å². The molecule has 0 saturated carbocycles. The number of likely N-dealkylation sites (tertiary alicyclic amines) is 1. The maximum Gasteiger partial charge on any atom is 0.246 e. The van der Waals surface area contributed by atoms with Gasteiger partial charge in [0.25, 0.3) is 0 Å². The fourth-order valence-electron chi connectivity index (χ4n) is 2.71. The van der Waals surface area contributed by atoms with Crippen molar-refractivity contribution in [2.24, 2.45) is 5.92 Å². The highest BCUT2D eigenvalue weighted by Crippen LogP contribution is 2.22. The molecular weight excluding hydrogens is 311 g/mol. The van der Waals surface area contributed by atoms with Crippen molar-refractivity contribution in [2.45, 2.75) is 12.6 Å². The zero-order valence-corrected chi connectivity index (χ0v) is 13.1. The Bertz CT molecular complexity index is 530. The number of carbonyl (C=O) groups excluding carboxylic acids is 1. The van der Waals surface area contributed by atoms with E-state index in [1.807, 2.05) is 4.90 Å². The molecule has 0 aliphatic carbocycles. The van der Waals surface area contributed by atoms with E-state index in [4.69, 9.17) is 16.3 Å². The van der Waals surface area contributed by atoms with Crippen LogP contribution in [0.15, 0.2) is 18.2 Å². The van der Waals surface area contributed by atoms with E-state index in [1.165, 1.54) is 13.2 Å². The van der Waals surface area contributed by atoms with E-state index in [0.29, 0.717) is 30.2 Å². The normalized spacial score (nSPS) is 22.0. The highest BCUT2D eigenvalue weighted by molar-refractivity contribution is 6.30. The summed E-state index contributed by atoms with van der Waals surface area (Å²) in [6.07, 6.45) is 0. The molecule has 7 heteroatoms. The number of hydrogen-bond acceptors (Lipinski definition) is 4. The molecule has 0 unspecified atom stereocenters. The van der Waals surface area contributed by atoms with Gasteiger partial charge in [0.1, 0.15) is 12.4 Å². The minimum Gasteiger partial charge on any atom is -0.396 e. The molecule has 0 radical (unpaired) electrons. The van der Waals surface area contributed by atoms with Gasteiger partial charge in [-0.25, -0.2) is 4.39 Å². The summed E-state index contributed by atoms with van der Waals surface area (Å²) in [5, 5.41) is 12.7. The molecule has 2 atom stereocenters. The average molecular weight is 331 g/mol. The lowest BCUT2D eigenvalue weighted by Crippen LogP contribution is -2.43. The molecule has 1 aliphatic rings. The first-order valence-corrected chi connectivity index (χ1v) is 7.46. The molecule has 22 heavy (non-hydrogen) atoms. The number of methoxy groups -OCH3 is 1. The predicted molar refractivity (Wildman–Crippen MR) is 81.1 cm³/mol. The molecule has 1 fully saturated rings. The van der Waals surface area contributed by atoms with Gasteiger partial charge in [-0.2, -0.15) is 0 Å². The van der Waals surface area contributed by atoms with Crippen LogP contribution < -0.4 is 5.32 Å². The van der Waals surface area contributed by atoms with Gasteiger partial charge in [-0.05, 0) is 12.1 Å². The summed E-state index contributed by atoms with van der Waals surface area (Å²) in [7, 11) is 1.45. The molecular formula is C15H20ClFN2O3. The van der Waals surface area contributed by atoms with Crippen LogP contribution in [0.4, 0.5) is 4.39 Å². The van der Waals surface area contributed by atoms with Crippen molar-refractivity contribution in [1.82, 2.24) is 10.2 Å². The standard InChI is InChI=1S/C15H20ClFN2O3/c1-22-9-15(21)18-14-7-19(6-11(14)8-20)5-10-2-3-12(16)4-13(10)17/h2-4,11,14,20H,5-9H2,1H3,(H,18,21)/t11-,14+/m0/s1. The Morgan fingerprint density at radius 3 is 2.95 bits per heavy atom. The number of amides is 1. The fraction of sp³-hybridized carbons (Fsp3) is 0.533. The first kappa shape index (κ1) is 17.1. The number of nitrogens with one attached hydrogen (secondary N) is 1. The predicted octanol–water partition coefficient (Wildman–Crippen LogP) is 1.03. The molecule has 1 aliphatic heterocycles. The van der Waals surface area contributed by atoms with Crippen LogP contribution in [0.3, 0.4) is 0 Å². The molecule has 1 saturated heterocycles. The number of hydrogen-bond donors (Lipinski definition) is 2. The van der Waals surface area contributed by atoms with Crippen LogP contribution in [0.1, 0.15) is 5.56 Å². The van der Waals surface area contributed by atoms with Crippen molar-refractivity contribution in [1.29, 1.82) is 0 Å². The number of carbonyl (C=O) groups is 1. The Balaban J connectivity index is 1.97. The molecule has 0 bridgehead atoms. The second-order valence-electron chi connectivity index (χ2n) is 5.48. The lowest BCUT2D eigenvalue weighted by atomic mass is 10.1. The van der Waals surface area contributed by atoms with Crippen LogP contribution in [0.2, 0.25) is 5.02 Å². The maximum absolute atomic E-state index is 13.8. The van der Waals surface area contributed by atoms with Gasteiger partial charge in [0.2, 0.25) is 5.91 Å². The second-order valence-corrected chi connectivity index (χ2v) is 5.92. The van der Waals surface area contributed by atoms with Gasteiger partial charge in [0.15, 0.2) is 0 Å². The zero-order valence-electron chi connectivity index (χ0n) is 12.4. The molecule has 1 amide bonds. The van der Waals surface area contributed by atoms with Gasteiger partial charge in [-0.1, -0.05) is 17.7 Å². The topological polar surface area (TPSA) is 61.8 Å². The summed E-state index contributed by atoms with van der Waals surface area (Å²) in [5.41, 5.74) is 0.546. The van der Waals surface area contributed by atoms with E-state index in [0.717, 1.165) is 0 Å². The second kappa shape index (κ2) is 7.87. The number of rotatable bonds is 6. The molecule has 1 heterocycles. The number of ether oxygens (including phenoxy) is 1. The van der Waals surface area contributed by atoms with E-state index in [-0.39, 0.29) is 36.9 Å². The third kappa shape index (κ3) is 4.39. The van der Waals surface area contributed by atoms with Crippen LogP contribution in [0.5, 0.6) is 0 Å². The molecule has 5 nitrogen and oxygen atoms in total. The van der Waals surface area contributed by atoms with Crippen molar-refractivity contribution in [3.63, 3.8) is 0 Å². The Labute approximate surface area is 134 Å². The molecule has 0 spiro atoms. The summed E-state index contributed by atoms with van der Waals surface area (Å²) >= 11 is 5.74. The third-order valence-electron chi connectivity index (χ3n) is 3.78. The van der Waals surface area contributed by atoms with E-state index >= 15 is 0 Å². The SMILES string of the molecule is COCC(=O)N[C@@H]1CN(Cc2ccc(Cl)cc2F)C[C@H]1CO. The summed E-state index contributed by atoms with van der Waals surface area (Å²) < 4.78 is 18.6. The van der Waals surface area contributed by atoms with E-state index in [2.05, 4.69) is 5.32 Å². The van der Waals surface area contributed by atoms with Crippen molar-refractivity contribution >= 4 is 17.5 Å². The molecule has 122 valence electrons. The first-order chi connectivity index (χ1) is 10.5. The smallest absolute Gasteiger partial charge is 0.246 e. The largest absolute Gasteiger partial charge is 0.396 e. The molecule has 0 aromatic heterocycles. The van der Waals surface area contributed by atoms with Crippen LogP contribution in [0, 0.1) is 11.7 Å². The summed E-state index contributed by atoms with van der Waals surface area (Å²) in [6, 6.07) is 4.43. The lowest BCUT2D eigenvalue weighted by molar-refractivity contribution is -0.125. The van der Waals surface area contributed by atoms with Crippen molar-refractivity contribution in [3.05, 3.63) is 34.6 Å². The number of aliphatic hydroxyl groups excluding tert-OH is 1. The van der Waals surface area contributed by atoms with Crippen molar-refractivity contribution < 1.29 is 19.0 Å². The molecule has 2 N–H and O–H groups in total. The monoisotopic (exact) mass is 330 g/mol. The molecule has 1 aromatic carbocycles. The van der Waals surface area contributed by atoms with Gasteiger partial charge >= 0.3 is 0 Å². The summed E-state index contributed by atoms with van der Waals surface area (Å²) in [5.74, 6) is -0.637. The number of benzene rings is 1. The lowest BCUT2D eigenvalue weighted by Gasteiger charge is -2.18. The number of nitrogens with zero attached hydrogens (tertiary/aromatic N) is 1. The Kier molecular flexibility index (Phi) is 6.14. The third-order valence-corrected chi connectivity index (χ3v) is 4.02. The Morgan fingerprint density at radius 1 is 1.55 bits per heavy atom. The Hall–Kier alpha value is -1.21. The van der Waals surface area contributed by atoms with Crippen molar-refractivity contribution in [3.8, 4) is 0 Å². The summed E-state index contributed by atoms with van der Waals surface area (Å²) in [6.45, 7) is 1.52. The maximum atomic E-state index is 13.8.